The number of carbonyl (C=O) groups is 5. The standard InChI is InChI=1S/C25H32N4O9S2/c1-6-29(7-2)24(33)22-15(4)21(25(34)37-8-3)23(39-22)28-19(31)14-38-20(32)13-26-40(35,36)18-11-9-17(10-12-18)27-16(5)30/h9-12,26H,6-8,13-14H2,1-5H3,(H,27,30)(H,28,31). The van der Waals surface area contributed by atoms with Gasteiger partial charge in [0.25, 0.3) is 11.8 Å². The third kappa shape index (κ3) is 8.59. The third-order valence-electron chi connectivity index (χ3n) is 5.38. The number of carbonyl (C=O) groups excluding carboxylic acids is 5. The van der Waals surface area contributed by atoms with E-state index >= 15 is 0 Å². The smallest absolute Gasteiger partial charge is 0.341 e. The van der Waals surface area contributed by atoms with Gasteiger partial charge in [-0.2, -0.15) is 4.72 Å². The van der Waals surface area contributed by atoms with Crippen molar-refractivity contribution in [2.24, 2.45) is 0 Å². The average molecular weight is 597 g/mol. The normalized spacial score (nSPS) is 10.9. The second-order valence-electron chi connectivity index (χ2n) is 8.20. The van der Waals surface area contributed by atoms with Gasteiger partial charge in [0.05, 0.1) is 21.9 Å². The summed E-state index contributed by atoms with van der Waals surface area (Å²) in [7, 11) is -4.08. The molecular formula is C25H32N4O9S2. The van der Waals surface area contributed by atoms with E-state index in [4.69, 9.17) is 9.47 Å². The summed E-state index contributed by atoms with van der Waals surface area (Å²) < 4.78 is 36.9. The maximum atomic E-state index is 12.9. The first-order valence-electron chi connectivity index (χ1n) is 12.3. The zero-order valence-corrected chi connectivity index (χ0v) is 24.4. The van der Waals surface area contributed by atoms with E-state index in [1.807, 2.05) is 13.8 Å². The largest absolute Gasteiger partial charge is 0.462 e. The minimum atomic E-state index is -4.08. The van der Waals surface area contributed by atoms with Crippen molar-refractivity contribution in [1.82, 2.24) is 9.62 Å². The van der Waals surface area contributed by atoms with Crippen LogP contribution < -0.4 is 15.4 Å². The zero-order chi connectivity index (χ0) is 30.0. The number of hydrogen-bond donors (Lipinski definition) is 3. The van der Waals surface area contributed by atoms with Gasteiger partial charge in [-0.05, 0) is 57.5 Å². The Kier molecular flexibility index (Phi) is 11.8. The quantitative estimate of drug-likeness (QED) is 0.292. The molecule has 0 aliphatic carbocycles. The van der Waals surface area contributed by atoms with Crippen LogP contribution in [-0.2, 0) is 33.9 Å². The molecule has 0 saturated carbocycles. The number of amides is 3. The molecule has 13 nitrogen and oxygen atoms in total. The number of thiophene rings is 1. The highest BCUT2D eigenvalue weighted by atomic mass is 32.2. The predicted molar refractivity (Wildman–Crippen MR) is 148 cm³/mol. The molecule has 0 aliphatic rings. The van der Waals surface area contributed by atoms with Gasteiger partial charge in [-0.25, -0.2) is 13.2 Å². The topological polar surface area (TPSA) is 177 Å². The van der Waals surface area contributed by atoms with Gasteiger partial charge in [-0.3, -0.25) is 19.2 Å². The van der Waals surface area contributed by atoms with E-state index in [-0.39, 0.29) is 38.8 Å². The van der Waals surface area contributed by atoms with Crippen molar-refractivity contribution < 1.29 is 41.9 Å². The first-order valence-corrected chi connectivity index (χ1v) is 14.6. The monoisotopic (exact) mass is 596 g/mol. The molecule has 3 N–H and O–H groups in total. The first-order chi connectivity index (χ1) is 18.8. The highest BCUT2D eigenvalue weighted by Crippen LogP contribution is 2.34. The lowest BCUT2D eigenvalue weighted by Crippen LogP contribution is -2.32. The number of ether oxygens (including phenoxy) is 2. The fourth-order valence-electron chi connectivity index (χ4n) is 3.43. The summed E-state index contributed by atoms with van der Waals surface area (Å²) in [6, 6.07) is 5.26. The van der Waals surface area contributed by atoms with Gasteiger partial charge in [-0.15, -0.1) is 11.3 Å². The molecule has 0 fully saturated rings. The zero-order valence-electron chi connectivity index (χ0n) is 22.8. The lowest BCUT2D eigenvalue weighted by atomic mass is 10.1. The fraction of sp³-hybridized carbons (Fsp3) is 0.400. The maximum Gasteiger partial charge on any atom is 0.341 e. The van der Waals surface area contributed by atoms with Crippen molar-refractivity contribution in [1.29, 1.82) is 0 Å². The molecule has 0 unspecified atom stereocenters. The Bertz CT molecular complexity index is 1370. The van der Waals surface area contributed by atoms with Crippen LogP contribution in [0.2, 0.25) is 0 Å². The average Bonchev–Trinajstić information content (AvgIpc) is 3.22. The van der Waals surface area contributed by atoms with Crippen LogP contribution in [0.1, 0.15) is 53.3 Å². The molecule has 3 amide bonds. The molecule has 2 aromatic rings. The van der Waals surface area contributed by atoms with Crippen LogP contribution in [0.3, 0.4) is 0 Å². The van der Waals surface area contributed by atoms with Crippen molar-refractivity contribution in [2.45, 2.75) is 39.5 Å². The Morgan fingerprint density at radius 3 is 2.12 bits per heavy atom. The van der Waals surface area contributed by atoms with E-state index < -0.39 is 41.0 Å². The number of esters is 2. The van der Waals surface area contributed by atoms with Crippen LogP contribution >= 0.6 is 11.3 Å². The molecule has 0 atom stereocenters. The summed E-state index contributed by atoms with van der Waals surface area (Å²) in [6.07, 6.45) is 0. The van der Waals surface area contributed by atoms with Crippen LogP contribution in [0.5, 0.6) is 0 Å². The van der Waals surface area contributed by atoms with Gasteiger partial charge in [0.1, 0.15) is 11.5 Å². The number of sulfonamides is 1. The number of hydrogen-bond acceptors (Lipinski definition) is 10. The number of anilines is 2. The van der Waals surface area contributed by atoms with Gasteiger partial charge in [0.15, 0.2) is 6.61 Å². The summed E-state index contributed by atoms with van der Waals surface area (Å²) in [4.78, 5) is 62.9. The highest BCUT2D eigenvalue weighted by Gasteiger charge is 2.28. The molecule has 0 bridgehead atoms. The molecule has 1 aromatic carbocycles. The van der Waals surface area contributed by atoms with Crippen LogP contribution in [0.15, 0.2) is 29.2 Å². The van der Waals surface area contributed by atoms with E-state index in [1.165, 1.54) is 31.2 Å². The molecule has 0 saturated heterocycles. The Balaban J connectivity index is 2.04. The van der Waals surface area contributed by atoms with Crippen LogP contribution in [0.25, 0.3) is 0 Å². The van der Waals surface area contributed by atoms with E-state index in [1.54, 1.807) is 18.7 Å². The number of nitrogens with one attached hydrogen (secondary N) is 3. The molecule has 0 spiro atoms. The summed E-state index contributed by atoms with van der Waals surface area (Å²) in [5.74, 6) is -3.18. The predicted octanol–water partition coefficient (Wildman–Crippen LogP) is 2.13. The van der Waals surface area contributed by atoms with Gasteiger partial charge in [0, 0.05) is 25.7 Å². The van der Waals surface area contributed by atoms with E-state index in [2.05, 4.69) is 15.4 Å². The van der Waals surface area contributed by atoms with Gasteiger partial charge in [-0.1, -0.05) is 0 Å². The summed E-state index contributed by atoms with van der Waals surface area (Å²) in [6.45, 7) is 7.59. The Hall–Kier alpha value is -3.82. The van der Waals surface area contributed by atoms with Crippen molar-refractivity contribution in [3.63, 3.8) is 0 Å². The molecule has 1 heterocycles. The van der Waals surface area contributed by atoms with Crippen molar-refractivity contribution >= 4 is 61.7 Å². The van der Waals surface area contributed by atoms with Gasteiger partial charge in [0.2, 0.25) is 15.9 Å². The lowest BCUT2D eigenvalue weighted by Gasteiger charge is -2.18. The van der Waals surface area contributed by atoms with E-state index in [0.29, 0.717) is 24.3 Å². The molecule has 2 rings (SSSR count). The van der Waals surface area contributed by atoms with Crippen molar-refractivity contribution in [3.05, 3.63) is 40.3 Å². The first kappa shape index (κ1) is 32.4. The Labute approximate surface area is 236 Å². The van der Waals surface area contributed by atoms with Crippen LogP contribution in [0, 0.1) is 6.92 Å². The molecule has 0 radical (unpaired) electrons. The lowest BCUT2D eigenvalue weighted by molar-refractivity contribution is -0.146. The molecule has 1 aromatic heterocycles. The third-order valence-corrected chi connectivity index (χ3v) is 7.99. The molecule has 218 valence electrons. The highest BCUT2D eigenvalue weighted by molar-refractivity contribution is 7.89. The SMILES string of the molecule is CCOC(=O)c1c(NC(=O)COC(=O)CNS(=O)(=O)c2ccc(NC(C)=O)cc2)sc(C(=O)N(CC)CC)c1C. The second kappa shape index (κ2) is 14.5. The van der Waals surface area contributed by atoms with Gasteiger partial charge >= 0.3 is 11.9 Å². The maximum absolute atomic E-state index is 12.9. The van der Waals surface area contributed by atoms with Crippen molar-refractivity contribution in [2.75, 3.05) is 43.5 Å². The number of nitrogens with zero attached hydrogens (tertiary/aromatic N) is 1. The molecule has 40 heavy (non-hydrogen) atoms. The molecule has 15 heteroatoms. The fourth-order valence-corrected chi connectivity index (χ4v) is 5.57. The molecular weight excluding hydrogens is 564 g/mol. The van der Waals surface area contributed by atoms with Crippen LogP contribution in [0.4, 0.5) is 10.7 Å². The van der Waals surface area contributed by atoms with Crippen LogP contribution in [-0.4, -0.2) is 75.8 Å². The van der Waals surface area contributed by atoms with Gasteiger partial charge < -0.3 is 25.0 Å². The minimum absolute atomic E-state index is 0.0271. The summed E-state index contributed by atoms with van der Waals surface area (Å²) >= 11 is 0.906. The molecule has 0 aliphatic heterocycles. The number of rotatable bonds is 13. The Morgan fingerprint density at radius 2 is 1.57 bits per heavy atom. The van der Waals surface area contributed by atoms with E-state index in [0.717, 1.165) is 11.3 Å². The van der Waals surface area contributed by atoms with Crippen molar-refractivity contribution in [3.8, 4) is 0 Å². The second-order valence-corrected chi connectivity index (χ2v) is 11.0. The number of benzene rings is 1. The summed E-state index contributed by atoms with van der Waals surface area (Å²) in [5, 5.41) is 5.05. The summed E-state index contributed by atoms with van der Waals surface area (Å²) in [5.41, 5.74) is 0.778. The minimum Gasteiger partial charge on any atom is -0.462 e. The van der Waals surface area contributed by atoms with E-state index in [9.17, 15) is 32.4 Å². The Morgan fingerprint density at radius 1 is 0.950 bits per heavy atom.